The number of benzene rings is 1. The number of carbonyl (C=O) groups excluding carboxylic acids is 1. The summed E-state index contributed by atoms with van der Waals surface area (Å²) in [6.07, 6.45) is 4.07. The van der Waals surface area contributed by atoms with Gasteiger partial charge in [0.1, 0.15) is 5.82 Å². The maximum Gasteiger partial charge on any atom is 0.242 e. The summed E-state index contributed by atoms with van der Waals surface area (Å²) in [6.45, 7) is 10.2. The number of unbranched alkanes of at least 4 members (excludes halogenated alkanes) is 1. The molecular weight excluding hydrogens is 438 g/mol. The highest BCUT2D eigenvalue weighted by Gasteiger charge is 2.24. The molecule has 3 rings (SSSR count). The number of rotatable bonds is 11. The zero-order valence-electron chi connectivity index (χ0n) is 20.7. The van der Waals surface area contributed by atoms with Crippen LogP contribution in [0.5, 0.6) is 0 Å². The molecule has 1 aromatic heterocycles. The quantitative estimate of drug-likeness (QED) is 0.538. The minimum absolute atomic E-state index is 0.0444. The van der Waals surface area contributed by atoms with Crippen LogP contribution in [-0.4, -0.2) is 72.9 Å². The summed E-state index contributed by atoms with van der Waals surface area (Å²) in [5.74, 6) is 1.39. The summed E-state index contributed by atoms with van der Waals surface area (Å²) in [7, 11) is -0.477. The van der Waals surface area contributed by atoms with E-state index in [0.717, 1.165) is 56.8 Å². The van der Waals surface area contributed by atoms with Crippen LogP contribution >= 0.6 is 0 Å². The molecule has 8 nitrogen and oxygen atoms in total. The largest absolute Gasteiger partial charge is 0.356 e. The highest BCUT2D eigenvalue weighted by atomic mass is 32.2. The Labute approximate surface area is 198 Å². The molecule has 0 spiro atoms. The van der Waals surface area contributed by atoms with Gasteiger partial charge in [-0.05, 0) is 57.4 Å². The maximum absolute atomic E-state index is 12.5. The number of hydrogen-bond donors (Lipinski definition) is 1. The van der Waals surface area contributed by atoms with Crippen LogP contribution in [-0.2, 0) is 27.8 Å². The van der Waals surface area contributed by atoms with Gasteiger partial charge in [-0.2, -0.15) is 0 Å². The Morgan fingerprint density at radius 3 is 2.70 bits per heavy atom. The SMILES string of the molecule is CCCCn1c(CCC(=O)NCC2CCN(C(C)C)C2)nc2cc(S(=O)(=O)N(C)C)ccc21. The van der Waals surface area contributed by atoms with Gasteiger partial charge in [0.2, 0.25) is 15.9 Å². The lowest BCUT2D eigenvalue weighted by Crippen LogP contribution is -2.33. The molecule has 0 radical (unpaired) electrons. The Morgan fingerprint density at radius 2 is 2.06 bits per heavy atom. The van der Waals surface area contributed by atoms with Crippen LogP contribution in [0.3, 0.4) is 0 Å². The van der Waals surface area contributed by atoms with E-state index in [2.05, 4.69) is 35.6 Å². The van der Waals surface area contributed by atoms with E-state index in [0.29, 0.717) is 30.3 Å². The summed E-state index contributed by atoms with van der Waals surface area (Å²) in [5.41, 5.74) is 1.57. The standard InChI is InChI=1S/C24H39N5O3S/c1-6-7-13-29-22-9-8-20(33(31,32)27(4)5)15-21(22)26-23(29)10-11-24(30)25-16-19-12-14-28(17-19)18(2)3/h8-9,15,18-19H,6-7,10-14,16-17H2,1-5H3,(H,25,30). The van der Waals surface area contributed by atoms with Gasteiger partial charge in [-0.1, -0.05) is 13.3 Å². The molecule has 1 amide bonds. The van der Waals surface area contributed by atoms with Crippen LogP contribution in [0.1, 0.15) is 52.3 Å². The Kier molecular flexibility index (Phi) is 8.53. The number of aromatic nitrogens is 2. The fourth-order valence-corrected chi connectivity index (χ4v) is 5.28. The molecule has 33 heavy (non-hydrogen) atoms. The number of imidazole rings is 1. The van der Waals surface area contributed by atoms with Gasteiger partial charge in [-0.3, -0.25) is 4.79 Å². The number of nitrogens with zero attached hydrogens (tertiary/aromatic N) is 4. The van der Waals surface area contributed by atoms with Gasteiger partial charge in [0, 0.05) is 52.6 Å². The predicted octanol–water partition coefficient (Wildman–Crippen LogP) is 2.87. The summed E-state index contributed by atoms with van der Waals surface area (Å²) in [4.78, 5) is 20.0. The highest BCUT2D eigenvalue weighted by molar-refractivity contribution is 7.89. The van der Waals surface area contributed by atoms with Crippen molar-refractivity contribution < 1.29 is 13.2 Å². The molecule has 9 heteroatoms. The number of hydrogen-bond acceptors (Lipinski definition) is 5. The molecule has 1 atom stereocenters. The minimum atomic E-state index is -3.52. The zero-order chi connectivity index (χ0) is 24.2. The molecule has 1 aliphatic heterocycles. The second-order valence-electron chi connectivity index (χ2n) is 9.52. The first-order valence-corrected chi connectivity index (χ1v) is 13.5. The minimum Gasteiger partial charge on any atom is -0.356 e. The van der Waals surface area contributed by atoms with E-state index in [1.165, 1.54) is 18.4 Å². The molecule has 0 saturated carbocycles. The van der Waals surface area contributed by atoms with Crippen molar-refractivity contribution in [3.8, 4) is 0 Å². The molecule has 2 heterocycles. The molecule has 1 N–H and O–H groups in total. The average molecular weight is 478 g/mol. The Morgan fingerprint density at radius 1 is 1.30 bits per heavy atom. The van der Waals surface area contributed by atoms with Crippen molar-refractivity contribution in [2.45, 2.75) is 70.4 Å². The lowest BCUT2D eigenvalue weighted by molar-refractivity contribution is -0.121. The third-order valence-corrected chi connectivity index (χ3v) is 8.33. The second kappa shape index (κ2) is 11.0. The maximum atomic E-state index is 12.5. The number of likely N-dealkylation sites (tertiary alicyclic amines) is 1. The third-order valence-electron chi connectivity index (χ3n) is 6.52. The molecule has 2 aromatic rings. The summed E-state index contributed by atoms with van der Waals surface area (Å²) in [6, 6.07) is 5.66. The van der Waals surface area contributed by atoms with E-state index in [1.54, 1.807) is 12.1 Å². The Balaban J connectivity index is 1.68. The van der Waals surface area contributed by atoms with Gasteiger partial charge in [-0.15, -0.1) is 0 Å². The molecule has 184 valence electrons. The first-order chi connectivity index (χ1) is 15.6. The fraction of sp³-hybridized carbons (Fsp3) is 0.667. The van der Waals surface area contributed by atoms with Gasteiger partial charge >= 0.3 is 0 Å². The van der Waals surface area contributed by atoms with Gasteiger partial charge in [0.15, 0.2) is 0 Å². The first-order valence-electron chi connectivity index (χ1n) is 12.1. The molecule has 0 bridgehead atoms. The van der Waals surface area contributed by atoms with E-state index in [-0.39, 0.29) is 10.8 Å². The van der Waals surface area contributed by atoms with Gasteiger partial charge < -0.3 is 14.8 Å². The van der Waals surface area contributed by atoms with Crippen LogP contribution in [0.25, 0.3) is 11.0 Å². The van der Waals surface area contributed by atoms with Crippen LogP contribution in [0.2, 0.25) is 0 Å². The van der Waals surface area contributed by atoms with E-state index >= 15 is 0 Å². The number of fused-ring (bicyclic) bond motifs is 1. The van der Waals surface area contributed by atoms with Gasteiger partial charge in [0.05, 0.1) is 15.9 Å². The van der Waals surface area contributed by atoms with Crippen molar-refractivity contribution in [3.63, 3.8) is 0 Å². The van der Waals surface area contributed by atoms with E-state index in [1.807, 2.05) is 6.07 Å². The lowest BCUT2D eigenvalue weighted by Gasteiger charge is -2.20. The summed E-state index contributed by atoms with van der Waals surface area (Å²) < 4.78 is 28.4. The van der Waals surface area contributed by atoms with Crippen LogP contribution in [0, 0.1) is 5.92 Å². The van der Waals surface area contributed by atoms with E-state index in [4.69, 9.17) is 4.98 Å². The van der Waals surface area contributed by atoms with Crippen molar-refractivity contribution in [2.24, 2.45) is 5.92 Å². The van der Waals surface area contributed by atoms with Gasteiger partial charge in [0.25, 0.3) is 0 Å². The average Bonchev–Trinajstić information content (AvgIpc) is 3.38. The second-order valence-corrected chi connectivity index (χ2v) is 11.7. The molecule has 1 fully saturated rings. The lowest BCUT2D eigenvalue weighted by atomic mass is 10.1. The van der Waals surface area contributed by atoms with Crippen molar-refractivity contribution in [2.75, 3.05) is 33.7 Å². The highest BCUT2D eigenvalue weighted by Crippen LogP contribution is 2.23. The molecule has 1 saturated heterocycles. The first kappa shape index (κ1) is 25.6. The smallest absolute Gasteiger partial charge is 0.242 e. The number of sulfonamides is 1. The normalized spacial score (nSPS) is 17.5. The fourth-order valence-electron chi connectivity index (χ4n) is 4.36. The third kappa shape index (κ3) is 6.13. The van der Waals surface area contributed by atoms with Crippen molar-refractivity contribution >= 4 is 27.0 Å². The predicted molar refractivity (Wildman–Crippen MR) is 132 cm³/mol. The Bertz CT molecular complexity index is 1060. The van der Waals surface area contributed by atoms with Crippen LogP contribution < -0.4 is 5.32 Å². The van der Waals surface area contributed by atoms with Crippen LogP contribution in [0.15, 0.2) is 23.1 Å². The number of carbonyl (C=O) groups is 1. The molecule has 1 aliphatic rings. The van der Waals surface area contributed by atoms with Crippen LogP contribution in [0.4, 0.5) is 0 Å². The van der Waals surface area contributed by atoms with Crippen molar-refractivity contribution in [3.05, 3.63) is 24.0 Å². The number of nitrogens with one attached hydrogen (secondary N) is 1. The van der Waals surface area contributed by atoms with E-state index < -0.39 is 10.0 Å². The molecule has 1 unspecified atom stereocenters. The molecule has 1 aromatic carbocycles. The van der Waals surface area contributed by atoms with Crippen molar-refractivity contribution in [1.29, 1.82) is 0 Å². The van der Waals surface area contributed by atoms with E-state index in [9.17, 15) is 13.2 Å². The summed E-state index contributed by atoms with van der Waals surface area (Å²) in [5, 5.41) is 3.10. The molecule has 0 aliphatic carbocycles. The summed E-state index contributed by atoms with van der Waals surface area (Å²) >= 11 is 0. The van der Waals surface area contributed by atoms with Gasteiger partial charge in [-0.25, -0.2) is 17.7 Å². The Hall–Kier alpha value is -1.97. The molecular formula is C24H39N5O3S. The zero-order valence-corrected chi connectivity index (χ0v) is 21.5. The monoisotopic (exact) mass is 477 g/mol. The topological polar surface area (TPSA) is 87.5 Å². The number of aryl methyl sites for hydroxylation is 2. The number of amides is 1. The van der Waals surface area contributed by atoms with Crippen molar-refractivity contribution in [1.82, 2.24) is 24.1 Å².